The van der Waals surface area contributed by atoms with Gasteiger partial charge in [0.1, 0.15) is 0 Å². The Morgan fingerprint density at radius 1 is 1.46 bits per heavy atom. The number of aliphatic carboxylic acids is 1. The molecule has 4 nitrogen and oxygen atoms in total. The van der Waals surface area contributed by atoms with Crippen molar-refractivity contribution in [3.8, 4) is 0 Å². The lowest BCUT2D eigenvalue weighted by Crippen LogP contribution is -2.63. The van der Waals surface area contributed by atoms with Gasteiger partial charge in [0.2, 0.25) is 0 Å². The van der Waals surface area contributed by atoms with Crippen LogP contribution in [0.5, 0.6) is 0 Å². The lowest BCUT2D eigenvalue weighted by atomic mass is 9.51. The molecule has 0 aromatic heterocycles. The van der Waals surface area contributed by atoms with E-state index in [2.05, 4.69) is 0 Å². The van der Waals surface area contributed by atoms with E-state index in [1.54, 1.807) is 0 Å². The van der Waals surface area contributed by atoms with E-state index in [1.165, 1.54) is 0 Å². The molecular weight excluding hydrogens is 172 g/mol. The zero-order valence-electron chi connectivity index (χ0n) is 7.62. The Kier molecular flexibility index (Phi) is 1.69. The molecule has 1 aliphatic heterocycles. The maximum absolute atomic E-state index is 11.1. The molecule has 1 aliphatic carbocycles. The molecule has 2 rings (SSSR count). The predicted molar refractivity (Wildman–Crippen MR) is 44.2 cm³/mol. The fraction of sp³-hybridized carbons (Fsp3) is 0.889. The highest BCUT2D eigenvalue weighted by Gasteiger charge is 2.63. The Hall–Kier alpha value is -0.610. The van der Waals surface area contributed by atoms with Crippen LogP contribution in [0.3, 0.4) is 0 Å². The second-order valence-corrected chi connectivity index (χ2v) is 4.50. The van der Waals surface area contributed by atoms with Gasteiger partial charge in [0.05, 0.1) is 24.7 Å². The predicted octanol–water partition coefficient (Wildman–Crippen LogP) is 0.249. The van der Waals surface area contributed by atoms with E-state index in [4.69, 9.17) is 9.84 Å². The highest BCUT2D eigenvalue weighted by molar-refractivity contribution is 5.77. The Bertz CT molecular complexity index is 238. The SMILES string of the molecule is CC1(C2(C(=O)O)CC(O)C2)COC1. The van der Waals surface area contributed by atoms with Crippen LogP contribution in [-0.2, 0) is 9.53 Å². The average Bonchev–Trinajstić information content (AvgIpc) is 1.93. The second kappa shape index (κ2) is 2.45. The number of carbonyl (C=O) groups is 1. The first-order valence-corrected chi connectivity index (χ1v) is 4.49. The van der Waals surface area contributed by atoms with Gasteiger partial charge in [-0.1, -0.05) is 6.92 Å². The van der Waals surface area contributed by atoms with E-state index in [9.17, 15) is 9.90 Å². The Morgan fingerprint density at radius 3 is 2.23 bits per heavy atom. The lowest BCUT2D eigenvalue weighted by molar-refractivity contribution is -0.233. The molecule has 1 saturated heterocycles. The third-order valence-corrected chi connectivity index (χ3v) is 3.57. The van der Waals surface area contributed by atoms with Crippen molar-refractivity contribution < 1.29 is 19.7 Å². The van der Waals surface area contributed by atoms with E-state index < -0.39 is 17.5 Å². The summed E-state index contributed by atoms with van der Waals surface area (Å²) in [7, 11) is 0. The molecule has 74 valence electrons. The normalized spacial score (nSPS) is 41.8. The van der Waals surface area contributed by atoms with Crippen LogP contribution in [0, 0.1) is 10.8 Å². The Morgan fingerprint density at radius 2 is 2.00 bits per heavy atom. The number of carboxylic acids is 1. The van der Waals surface area contributed by atoms with Crippen LogP contribution in [0.15, 0.2) is 0 Å². The average molecular weight is 186 g/mol. The highest BCUT2D eigenvalue weighted by Crippen LogP contribution is 2.57. The monoisotopic (exact) mass is 186 g/mol. The zero-order chi connectivity index (χ0) is 9.69. The summed E-state index contributed by atoms with van der Waals surface area (Å²) in [6.45, 7) is 2.94. The third-order valence-electron chi connectivity index (χ3n) is 3.57. The molecule has 0 aromatic rings. The van der Waals surface area contributed by atoms with Crippen molar-refractivity contribution in [3.05, 3.63) is 0 Å². The third kappa shape index (κ3) is 0.957. The van der Waals surface area contributed by atoms with Crippen LogP contribution in [-0.4, -0.2) is 35.5 Å². The summed E-state index contributed by atoms with van der Waals surface area (Å²) in [5.74, 6) is -0.788. The first kappa shape index (κ1) is 8.97. The molecule has 4 heteroatoms. The Labute approximate surface area is 76.5 Å². The van der Waals surface area contributed by atoms with Crippen molar-refractivity contribution in [1.82, 2.24) is 0 Å². The van der Waals surface area contributed by atoms with Gasteiger partial charge in [-0.3, -0.25) is 4.79 Å². The van der Waals surface area contributed by atoms with Gasteiger partial charge >= 0.3 is 5.97 Å². The fourth-order valence-electron chi connectivity index (χ4n) is 2.35. The minimum absolute atomic E-state index is 0.266. The first-order valence-electron chi connectivity index (χ1n) is 4.49. The summed E-state index contributed by atoms with van der Waals surface area (Å²) in [6.07, 6.45) is 0.318. The van der Waals surface area contributed by atoms with Crippen molar-refractivity contribution in [2.24, 2.45) is 10.8 Å². The molecule has 0 unspecified atom stereocenters. The van der Waals surface area contributed by atoms with Crippen LogP contribution in [0.25, 0.3) is 0 Å². The van der Waals surface area contributed by atoms with Gasteiger partial charge in [-0.15, -0.1) is 0 Å². The van der Waals surface area contributed by atoms with Gasteiger partial charge in [-0.2, -0.15) is 0 Å². The van der Waals surface area contributed by atoms with Crippen LogP contribution in [0.4, 0.5) is 0 Å². The smallest absolute Gasteiger partial charge is 0.310 e. The number of aliphatic hydroxyl groups excluding tert-OH is 1. The van der Waals surface area contributed by atoms with Crippen molar-refractivity contribution in [2.75, 3.05) is 13.2 Å². The lowest BCUT2D eigenvalue weighted by Gasteiger charge is -2.57. The van der Waals surface area contributed by atoms with Gasteiger partial charge in [0.15, 0.2) is 0 Å². The van der Waals surface area contributed by atoms with Crippen LogP contribution in [0.2, 0.25) is 0 Å². The van der Waals surface area contributed by atoms with E-state index in [1.807, 2.05) is 6.92 Å². The van der Waals surface area contributed by atoms with Crippen molar-refractivity contribution in [3.63, 3.8) is 0 Å². The molecule has 0 aromatic carbocycles. The molecule has 13 heavy (non-hydrogen) atoms. The molecule has 2 aliphatic rings. The van der Waals surface area contributed by atoms with Gasteiger partial charge in [0, 0.05) is 5.41 Å². The summed E-state index contributed by atoms with van der Waals surface area (Å²) in [6, 6.07) is 0. The quantitative estimate of drug-likeness (QED) is 0.648. The molecule has 0 bridgehead atoms. The standard InChI is InChI=1S/C9H14O4/c1-8(4-13-5-8)9(7(11)12)2-6(10)3-9/h6,10H,2-5H2,1H3,(H,11,12). The van der Waals surface area contributed by atoms with Crippen LogP contribution in [0.1, 0.15) is 19.8 Å². The van der Waals surface area contributed by atoms with E-state index >= 15 is 0 Å². The molecule has 0 spiro atoms. The van der Waals surface area contributed by atoms with Gasteiger partial charge < -0.3 is 14.9 Å². The van der Waals surface area contributed by atoms with Crippen molar-refractivity contribution >= 4 is 5.97 Å². The molecule has 2 fully saturated rings. The second-order valence-electron chi connectivity index (χ2n) is 4.50. The maximum Gasteiger partial charge on any atom is 0.310 e. The molecule has 1 saturated carbocycles. The van der Waals surface area contributed by atoms with E-state index in [0.29, 0.717) is 26.1 Å². The minimum Gasteiger partial charge on any atom is -0.481 e. The zero-order valence-corrected chi connectivity index (χ0v) is 7.62. The number of carboxylic acid groups (broad SMARTS) is 1. The summed E-state index contributed by atoms with van der Waals surface area (Å²) in [5.41, 5.74) is -0.997. The Balaban J connectivity index is 2.20. The fourth-order valence-corrected chi connectivity index (χ4v) is 2.35. The summed E-state index contributed by atoms with van der Waals surface area (Å²) >= 11 is 0. The summed E-state index contributed by atoms with van der Waals surface area (Å²) in [4.78, 5) is 11.1. The number of ether oxygens (including phenoxy) is 1. The molecular formula is C9H14O4. The maximum atomic E-state index is 11.1. The van der Waals surface area contributed by atoms with Gasteiger partial charge in [-0.05, 0) is 12.8 Å². The van der Waals surface area contributed by atoms with E-state index in [-0.39, 0.29) is 5.41 Å². The molecule has 0 atom stereocenters. The van der Waals surface area contributed by atoms with E-state index in [0.717, 1.165) is 0 Å². The topological polar surface area (TPSA) is 66.8 Å². The molecule has 2 N–H and O–H groups in total. The highest BCUT2D eigenvalue weighted by atomic mass is 16.5. The largest absolute Gasteiger partial charge is 0.481 e. The number of aliphatic hydroxyl groups is 1. The minimum atomic E-state index is -0.788. The van der Waals surface area contributed by atoms with Crippen molar-refractivity contribution in [1.29, 1.82) is 0 Å². The van der Waals surface area contributed by atoms with Gasteiger partial charge in [0.25, 0.3) is 0 Å². The summed E-state index contributed by atoms with van der Waals surface area (Å²) in [5, 5.41) is 18.3. The molecule has 1 heterocycles. The number of hydrogen-bond donors (Lipinski definition) is 2. The van der Waals surface area contributed by atoms with Crippen LogP contribution >= 0.6 is 0 Å². The molecule has 0 amide bonds. The number of hydrogen-bond acceptors (Lipinski definition) is 3. The summed E-state index contributed by atoms with van der Waals surface area (Å²) < 4.78 is 5.06. The van der Waals surface area contributed by atoms with Crippen LogP contribution < -0.4 is 0 Å². The molecule has 0 radical (unpaired) electrons. The first-order chi connectivity index (χ1) is 6.00. The number of rotatable bonds is 2. The van der Waals surface area contributed by atoms with Gasteiger partial charge in [-0.25, -0.2) is 0 Å². The van der Waals surface area contributed by atoms with Crippen molar-refractivity contribution in [2.45, 2.75) is 25.9 Å².